The van der Waals surface area contributed by atoms with Gasteiger partial charge in [0.1, 0.15) is 0 Å². The van der Waals surface area contributed by atoms with E-state index in [2.05, 4.69) is 16.5 Å². The fourth-order valence-corrected chi connectivity index (χ4v) is 3.02. The highest BCUT2D eigenvalue weighted by Gasteiger charge is 2.26. The van der Waals surface area contributed by atoms with Gasteiger partial charge in [0.15, 0.2) is 0 Å². The summed E-state index contributed by atoms with van der Waals surface area (Å²) in [5, 5.41) is 1.39. The molecule has 18 heavy (non-hydrogen) atoms. The summed E-state index contributed by atoms with van der Waals surface area (Å²) in [4.78, 5) is 7.63. The van der Waals surface area contributed by atoms with Crippen LogP contribution >= 0.6 is 23.2 Å². The first-order valence-corrected chi connectivity index (χ1v) is 6.76. The number of H-pyrrole nitrogens is 1. The second kappa shape index (κ2) is 4.34. The summed E-state index contributed by atoms with van der Waals surface area (Å²) in [7, 11) is 1.93. The summed E-state index contributed by atoms with van der Waals surface area (Å²) in [6, 6.07) is 0. The maximum absolute atomic E-state index is 6.43. The average Bonchev–Trinajstić information content (AvgIpc) is 2.59. The highest BCUT2D eigenvalue weighted by Crippen LogP contribution is 2.40. The van der Waals surface area contributed by atoms with Gasteiger partial charge in [-0.05, 0) is 19.5 Å². The van der Waals surface area contributed by atoms with E-state index in [1.165, 1.54) is 6.42 Å². The van der Waals surface area contributed by atoms with E-state index in [1.54, 1.807) is 0 Å². The van der Waals surface area contributed by atoms with Crippen LogP contribution in [0.25, 0.3) is 10.7 Å². The molecule has 3 heterocycles. The molecular formula is C13H15Cl2N3. The van der Waals surface area contributed by atoms with E-state index in [1.807, 2.05) is 18.1 Å². The number of likely N-dealkylation sites (tertiary alicyclic amines) is 1. The summed E-state index contributed by atoms with van der Waals surface area (Å²) in [6.07, 6.45) is 3.12. The molecule has 2 aliphatic heterocycles. The number of fused-ring (bicyclic) bond motifs is 1. The average molecular weight is 284 g/mol. The molecule has 1 aromatic rings. The second-order valence-electron chi connectivity index (χ2n) is 4.83. The summed E-state index contributed by atoms with van der Waals surface area (Å²) >= 11 is 12.7. The molecule has 1 fully saturated rings. The van der Waals surface area contributed by atoms with Gasteiger partial charge < -0.3 is 9.88 Å². The fraction of sp³-hybridized carbons (Fsp3) is 0.385. The monoisotopic (exact) mass is 283 g/mol. The lowest BCUT2D eigenvalue weighted by Crippen LogP contribution is -2.36. The van der Waals surface area contributed by atoms with Crippen molar-refractivity contribution in [2.75, 3.05) is 20.1 Å². The molecule has 1 N–H and O–H groups in total. The number of hydrogen-bond donors (Lipinski definition) is 1. The standard InChI is InChI=1S/C13H15Cl2N3/c1-8-13-11(9(14)6-17(8)2)12(15)10(16-13)7-18-4-3-5-18/h6,16H,1,3-5,7H2,2H3. The van der Waals surface area contributed by atoms with Crippen molar-refractivity contribution in [2.24, 2.45) is 0 Å². The van der Waals surface area contributed by atoms with Crippen LogP contribution in [0.3, 0.4) is 0 Å². The van der Waals surface area contributed by atoms with Crippen LogP contribution in [-0.4, -0.2) is 34.9 Å². The first-order valence-electron chi connectivity index (χ1n) is 6.00. The molecule has 0 spiro atoms. The molecule has 2 aliphatic rings. The van der Waals surface area contributed by atoms with Gasteiger partial charge in [0.05, 0.1) is 21.4 Å². The lowest BCUT2D eigenvalue weighted by molar-refractivity contribution is 0.171. The largest absolute Gasteiger partial charge is 0.354 e. The van der Waals surface area contributed by atoms with E-state index in [9.17, 15) is 0 Å². The van der Waals surface area contributed by atoms with E-state index in [-0.39, 0.29) is 0 Å². The molecule has 0 atom stereocenters. The summed E-state index contributed by atoms with van der Waals surface area (Å²) < 4.78 is 0. The van der Waals surface area contributed by atoms with Crippen molar-refractivity contribution in [2.45, 2.75) is 13.0 Å². The molecule has 1 aromatic heterocycles. The molecule has 0 aromatic carbocycles. The lowest BCUT2D eigenvalue weighted by Gasteiger charge is -2.30. The van der Waals surface area contributed by atoms with Crippen LogP contribution in [-0.2, 0) is 6.54 Å². The van der Waals surface area contributed by atoms with Crippen molar-refractivity contribution < 1.29 is 0 Å². The SMILES string of the molecule is C=C1c2[nH]c(CN3CCC3)c(Cl)c2C(Cl)=CN1C. The highest BCUT2D eigenvalue weighted by atomic mass is 35.5. The topological polar surface area (TPSA) is 22.3 Å². The molecule has 0 unspecified atom stereocenters. The van der Waals surface area contributed by atoms with Crippen molar-refractivity contribution in [3.8, 4) is 0 Å². The van der Waals surface area contributed by atoms with Crippen LogP contribution in [0, 0.1) is 0 Å². The highest BCUT2D eigenvalue weighted by molar-refractivity contribution is 6.51. The molecule has 0 amide bonds. The second-order valence-corrected chi connectivity index (χ2v) is 5.62. The number of aromatic nitrogens is 1. The predicted octanol–water partition coefficient (Wildman–Crippen LogP) is 3.33. The van der Waals surface area contributed by atoms with Crippen LogP contribution < -0.4 is 0 Å². The van der Waals surface area contributed by atoms with Gasteiger partial charge in [-0.15, -0.1) is 0 Å². The Labute approximate surface area is 117 Å². The summed E-state index contributed by atoms with van der Waals surface area (Å²) in [6.45, 7) is 7.20. The van der Waals surface area contributed by atoms with Gasteiger partial charge in [0.2, 0.25) is 0 Å². The van der Waals surface area contributed by atoms with E-state index in [4.69, 9.17) is 23.2 Å². The first-order chi connectivity index (χ1) is 8.58. The van der Waals surface area contributed by atoms with E-state index < -0.39 is 0 Å². The third kappa shape index (κ3) is 1.78. The molecule has 96 valence electrons. The minimum Gasteiger partial charge on any atom is -0.354 e. The minimum absolute atomic E-state index is 0.663. The third-order valence-corrected chi connectivity index (χ3v) is 4.30. The summed E-state index contributed by atoms with van der Waals surface area (Å²) in [5.74, 6) is 0. The smallest absolute Gasteiger partial charge is 0.0722 e. The van der Waals surface area contributed by atoms with E-state index >= 15 is 0 Å². The predicted molar refractivity (Wildman–Crippen MR) is 76.3 cm³/mol. The Morgan fingerprint density at radius 2 is 2.11 bits per heavy atom. The molecule has 0 radical (unpaired) electrons. The summed E-state index contributed by atoms with van der Waals surface area (Å²) in [5.41, 5.74) is 3.75. The molecule has 0 bridgehead atoms. The Morgan fingerprint density at radius 1 is 1.39 bits per heavy atom. The molecule has 0 aliphatic carbocycles. The molecule has 3 nitrogen and oxygen atoms in total. The zero-order valence-electron chi connectivity index (χ0n) is 10.3. The minimum atomic E-state index is 0.663. The van der Waals surface area contributed by atoms with Gasteiger partial charge in [0, 0.05) is 31.0 Å². The van der Waals surface area contributed by atoms with Gasteiger partial charge in [-0.1, -0.05) is 29.8 Å². The maximum atomic E-state index is 6.43. The van der Waals surface area contributed by atoms with Crippen LogP contribution in [0.15, 0.2) is 12.8 Å². The van der Waals surface area contributed by atoms with Crippen molar-refractivity contribution in [3.63, 3.8) is 0 Å². The number of rotatable bonds is 2. The van der Waals surface area contributed by atoms with Gasteiger partial charge >= 0.3 is 0 Å². The Bertz CT molecular complexity index is 541. The van der Waals surface area contributed by atoms with Crippen molar-refractivity contribution in [3.05, 3.63) is 34.8 Å². The zero-order chi connectivity index (χ0) is 12.9. The van der Waals surface area contributed by atoms with Gasteiger partial charge in [0.25, 0.3) is 0 Å². The quantitative estimate of drug-likeness (QED) is 0.900. The zero-order valence-corrected chi connectivity index (χ0v) is 11.8. The molecule has 5 heteroatoms. The molecular weight excluding hydrogens is 269 g/mol. The van der Waals surface area contributed by atoms with Crippen LogP contribution in [0.4, 0.5) is 0 Å². The normalized spacial score (nSPS) is 19.6. The van der Waals surface area contributed by atoms with Crippen molar-refractivity contribution >= 4 is 33.9 Å². The Balaban J connectivity index is 2.00. The molecule has 1 saturated heterocycles. The number of nitrogens with one attached hydrogen (secondary N) is 1. The number of halogens is 2. The van der Waals surface area contributed by atoms with E-state index in [0.29, 0.717) is 5.03 Å². The van der Waals surface area contributed by atoms with Crippen LogP contribution in [0.5, 0.6) is 0 Å². The van der Waals surface area contributed by atoms with E-state index in [0.717, 1.165) is 47.3 Å². The fourth-order valence-electron chi connectivity index (χ4n) is 2.33. The molecule has 0 saturated carbocycles. The van der Waals surface area contributed by atoms with Crippen LogP contribution in [0.1, 0.15) is 23.4 Å². The number of nitrogens with zero attached hydrogens (tertiary/aromatic N) is 2. The van der Waals surface area contributed by atoms with Crippen LogP contribution in [0.2, 0.25) is 5.02 Å². The Hall–Kier alpha value is -0.900. The maximum Gasteiger partial charge on any atom is 0.0722 e. The third-order valence-electron chi connectivity index (χ3n) is 3.60. The number of aromatic amines is 1. The van der Waals surface area contributed by atoms with Gasteiger partial charge in [-0.25, -0.2) is 0 Å². The first kappa shape index (κ1) is 12.2. The van der Waals surface area contributed by atoms with Crippen molar-refractivity contribution in [1.82, 2.24) is 14.8 Å². The Kier molecular flexibility index (Phi) is 2.93. The Morgan fingerprint density at radius 3 is 2.72 bits per heavy atom. The van der Waals surface area contributed by atoms with Gasteiger partial charge in [-0.3, -0.25) is 4.90 Å². The lowest BCUT2D eigenvalue weighted by atomic mass is 10.1. The number of hydrogen-bond acceptors (Lipinski definition) is 2. The van der Waals surface area contributed by atoms with Gasteiger partial charge in [-0.2, -0.15) is 0 Å². The molecule has 3 rings (SSSR count). The van der Waals surface area contributed by atoms with Crippen molar-refractivity contribution in [1.29, 1.82) is 0 Å².